The Kier molecular flexibility index (Phi) is 3.22. The molecule has 0 unspecified atom stereocenters. The Morgan fingerprint density at radius 1 is 1.50 bits per heavy atom. The summed E-state index contributed by atoms with van der Waals surface area (Å²) in [6.07, 6.45) is 0. The lowest BCUT2D eigenvalue weighted by Crippen LogP contribution is -2.16. The molecular weight excluding hydrogens is 218 g/mol. The van der Waals surface area contributed by atoms with Crippen molar-refractivity contribution in [2.24, 2.45) is 0 Å². The number of thiophene rings is 1. The Balaban J connectivity index is 3.12. The number of hydrogen-bond donors (Lipinski definition) is 1. The molecule has 1 amide bonds. The van der Waals surface area contributed by atoms with E-state index >= 15 is 0 Å². The van der Waals surface area contributed by atoms with Gasteiger partial charge in [0.1, 0.15) is 4.88 Å². The molecule has 2 nitrogen and oxygen atoms in total. The van der Waals surface area contributed by atoms with Gasteiger partial charge in [-0.1, -0.05) is 32.4 Å². The van der Waals surface area contributed by atoms with E-state index in [-0.39, 0.29) is 11.3 Å². The van der Waals surface area contributed by atoms with Crippen LogP contribution in [0.15, 0.2) is 6.07 Å². The lowest BCUT2D eigenvalue weighted by atomic mass is 9.95. The molecule has 1 rings (SSSR count). The highest BCUT2D eigenvalue weighted by atomic mass is 35.5. The number of carbonyl (C=O) groups is 1. The van der Waals surface area contributed by atoms with Gasteiger partial charge in [0.2, 0.25) is 0 Å². The van der Waals surface area contributed by atoms with Crippen molar-refractivity contribution < 1.29 is 4.79 Å². The Labute approximate surface area is 93.3 Å². The summed E-state index contributed by atoms with van der Waals surface area (Å²) in [7, 11) is 1.61. The number of rotatable bonds is 1. The molecule has 0 saturated carbocycles. The Morgan fingerprint density at radius 3 is 2.43 bits per heavy atom. The quantitative estimate of drug-likeness (QED) is 0.791. The second-order valence-corrected chi connectivity index (χ2v) is 5.58. The van der Waals surface area contributed by atoms with Gasteiger partial charge in [0, 0.05) is 11.9 Å². The smallest absolute Gasteiger partial charge is 0.262 e. The zero-order valence-electron chi connectivity index (χ0n) is 8.77. The van der Waals surface area contributed by atoms with Crippen LogP contribution in [0.4, 0.5) is 0 Å². The van der Waals surface area contributed by atoms with Crippen LogP contribution in [0, 0.1) is 0 Å². The van der Waals surface area contributed by atoms with E-state index in [4.69, 9.17) is 11.6 Å². The number of hydrogen-bond acceptors (Lipinski definition) is 2. The Bertz CT molecular complexity index is 351. The van der Waals surface area contributed by atoms with Crippen molar-refractivity contribution in [1.29, 1.82) is 0 Å². The normalized spacial score (nSPS) is 11.5. The molecule has 0 atom stereocenters. The molecule has 0 bridgehead atoms. The van der Waals surface area contributed by atoms with Crippen molar-refractivity contribution in [2.45, 2.75) is 26.2 Å². The Morgan fingerprint density at radius 2 is 2.07 bits per heavy atom. The first kappa shape index (κ1) is 11.5. The SMILES string of the molecule is CNC(=O)c1sc(C(C)(C)C)cc1Cl. The molecule has 0 aromatic carbocycles. The average molecular weight is 232 g/mol. The average Bonchev–Trinajstić information content (AvgIpc) is 2.45. The monoisotopic (exact) mass is 231 g/mol. The number of nitrogens with one attached hydrogen (secondary N) is 1. The first-order chi connectivity index (χ1) is 6.36. The maximum absolute atomic E-state index is 11.4. The van der Waals surface area contributed by atoms with Crippen LogP contribution in [-0.4, -0.2) is 13.0 Å². The maximum atomic E-state index is 11.4. The van der Waals surface area contributed by atoms with Crippen LogP contribution in [0.3, 0.4) is 0 Å². The highest BCUT2D eigenvalue weighted by Gasteiger charge is 2.21. The zero-order valence-corrected chi connectivity index (χ0v) is 10.3. The van der Waals surface area contributed by atoms with Crippen LogP contribution >= 0.6 is 22.9 Å². The lowest BCUT2D eigenvalue weighted by molar-refractivity contribution is 0.0967. The molecule has 0 spiro atoms. The summed E-state index contributed by atoms with van der Waals surface area (Å²) in [5.74, 6) is -0.115. The van der Waals surface area contributed by atoms with E-state index in [0.29, 0.717) is 9.90 Å². The largest absolute Gasteiger partial charge is 0.354 e. The van der Waals surface area contributed by atoms with Gasteiger partial charge < -0.3 is 5.32 Å². The molecule has 0 aliphatic heterocycles. The minimum absolute atomic E-state index is 0.0422. The summed E-state index contributed by atoms with van der Waals surface area (Å²) in [5.41, 5.74) is 0.0422. The molecule has 0 aliphatic carbocycles. The van der Waals surface area contributed by atoms with Crippen LogP contribution in [0.5, 0.6) is 0 Å². The lowest BCUT2D eigenvalue weighted by Gasteiger charge is -2.15. The standard InChI is InChI=1S/C10H14ClNOS/c1-10(2,3)7-5-6(11)8(14-7)9(13)12-4/h5H,1-4H3,(H,12,13). The number of halogens is 1. The van der Waals surface area contributed by atoms with E-state index in [2.05, 4.69) is 26.1 Å². The van der Waals surface area contributed by atoms with Crippen LogP contribution in [0.2, 0.25) is 5.02 Å². The summed E-state index contributed by atoms with van der Waals surface area (Å²) >= 11 is 7.43. The molecule has 78 valence electrons. The van der Waals surface area contributed by atoms with Gasteiger partial charge in [-0.2, -0.15) is 0 Å². The van der Waals surface area contributed by atoms with Gasteiger partial charge in [0.05, 0.1) is 5.02 Å². The van der Waals surface area contributed by atoms with Crippen LogP contribution in [0.25, 0.3) is 0 Å². The van der Waals surface area contributed by atoms with Crippen molar-refractivity contribution in [3.63, 3.8) is 0 Å². The third-order valence-corrected chi connectivity index (χ3v) is 3.83. The van der Waals surface area contributed by atoms with Crippen LogP contribution in [-0.2, 0) is 5.41 Å². The molecule has 1 aromatic heterocycles. The fourth-order valence-electron chi connectivity index (χ4n) is 1.01. The Hall–Kier alpha value is -0.540. The summed E-state index contributed by atoms with van der Waals surface area (Å²) in [4.78, 5) is 13.1. The van der Waals surface area contributed by atoms with Crippen molar-refractivity contribution >= 4 is 28.8 Å². The van der Waals surface area contributed by atoms with Gasteiger partial charge in [0.15, 0.2) is 0 Å². The molecule has 0 saturated heterocycles. The summed E-state index contributed by atoms with van der Waals surface area (Å²) < 4.78 is 0. The highest BCUT2D eigenvalue weighted by Crippen LogP contribution is 2.34. The van der Waals surface area contributed by atoms with Gasteiger partial charge in [-0.25, -0.2) is 0 Å². The number of amides is 1. The van der Waals surface area contributed by atoms with Gasteiger partial charge in [0.25, 0.3) is 5.91 Å². The molecule has 4 heteroatoms. The molecular formula is C10H14ClNOS. The summed E-state index contributed by atoms with van der Waals surface area (Å²) in [5, 5.41) is 3.11. The van der Waals surface area contributed by atoms with Crippen LogP contribution < -0.4 is 5.32 Å². The van der Waals surface area contributed by atoms with E-state index in [9.17, 15) is 4.79 Å². The fourth-order valence-corrected chi connectivity index (χ4v) is 2.44. The number of carbonyl (C=O) groups excluding carboxylic acids is 1. The summed E-state index contributed by atoms with van der Waals surface area (Å²) in [6.45, 7) is 6.30. The van der Waals surface area contributed by atoms with Gasteiger partial charge in [-0.3, -0.25) is 4.79 Å². The molecule has 0 aliphatic rings. The van der Waals surface area contributed by atoms with E-state index in [1.807, 2.05) is 6.07 Å². The van der Waals surface area contributed by atoms with Crippen molar-refractivity contribution in [3.05, 3.63) is 20.8 Å². The van der Waals surface area contributed by atoms with Crippen molar-refractivity contribution in [3.8, 4) is 0 Å². The maximum Gasteiger partial charge on any atom is 0.262 e. The minimum Gasteiger partial charge on any atom is -0.354 e. The van der Waals surface area contributed by atoms with Crippen molar-refractivity contribution in [2.75, 3.05) is 7.05 Å². The molecule has 1 aromatic rings. The van der Waals surface area contributed by atoms with E-state index in [1.165, 1.54) is 11.3 Å². The minimum atomic E-state index is -0.115. The highest BCUT2D eigenvalue weighted by molar-refractivity contribution is 7.14. The zero-order chi connectivity index (χ0) is 10.9. The predicted octanol–water partition coefficient (Wildman–Crippen LogP) is 3.06. The second-order valence-electron chi connectivity index (χ2n) is 4.12. The topological polar surface area (TPSA) is 29.1 Å². The van der Waals surface area contributed by atoms with E-state index in [1.54, 1.807) is 7.05 Å². The molecule has 1 N–H and O–H groups in total. The van der Waals surface area contributed by atoms with Crippen LogP contribution in [0.1, 0.15) is 35.3 Å². The fraction of sp³-hybridized carbons (Fsp3) is 0.500. The molecule has 1 heterocycles. The van der Waals surface area contributed by atoms with Crippen molar-refractivity contribution in [1.82, 2.24) is 5.32 Å². The summed E-state index contributed by atoms with van der Waals surface area (Å²) in [6, 6.07) is 1.87. The molecule has 0 fully saturated rings. The third kappa shape index (κ3) is 2.28. The van der Waals surface area contributed by atoms with E-state index in [0.717, 1.165) is 4.88 Å². The van der Waals surface area contributed by atoms with Gasteiger partial charge >= 0.3 is 0 Å². The first-order valence-corrected chi connectivity index (χ1v) is 5.57. The second kappa shape index (κ2) is 3.91. The predicted molar refractivity (Wildman–Crippen MR) is 61.4 cm³/mol. The molecule has 0 radical (unpaired) electrons. The van der Waals surface area contributed by atoms with Gasteiger partial charge in [-0.15, -0.1) is 11.3 Å². The van der Waals surface area contributed by atoms with Gasteiger partial charge in [-0.05, 0) is 11.5 Å². The molecule has 14 heavy (non-hydrogen) atoms. The first-order valence-electron chi connectivity index (χ1n) is 4.38. The third-order valence-electron chi connectivity index (χ3n) is 1.86. The van der Waals surface area contributed by atoms with E-state index < -0.39 is 0 Å².